The van der Waals surface area contributed by atoms with Crippen LogP contribution >= 0.6 is 11.6 Å². The van der Waals surface area contributed by atoms with Crippen LogP contribution in [-0.4, -0.2) is 23.6 Å². The molecule has 2 unspecified atom stereocenters. The van der Waals surface area contributed by atoms with Crippen LogP contribution in [0.5, 0.6) is 5.75 Å². The van der Waals surface area contributed by atoms with Gasteiger partial charge < -0.3 is 15.2 Å². The molecule has 2 atom stereocenters. The lowest BCUT2D eigenvalue weighted by Gasteiger charge is -2.27. The zero-order valence-electron chi connectivity index (χ0n) is 10.4. The number of hydrogen-bond donors (Lipinski definition) is 2. The molecule has 0 fully saturated rings. The number of carboxylic acids is 1. The molecule has 0 saturated heterocycles. The van der Waals surface area contributed by atoms with Crippen molar-refractivity contribution in [2.45, 2.75) is 19.4 Å². The van der Waals surface area contributed by atoms with E-state index in [1.807, 2.05) is 6.07 Å². The van der Waals surface area contributed by atoms with Crippen LogP contribution in [0.1, 0.15) is 24.9 Å². The van der Waals surface area contributed by atoms with Crippen molar-refractivity contribution in [3.63, 3.8) is 0 Å². The Hall–Kier alpha value is -1.75. The van der Waals surface area contributed by atoms with Gasteiger partial charge in [0.15, 0.2) is 0 Å². The number of halogens is 1. The monoisotopic (exact) mass is 283 g/mol. The van der Waals surface area contributed by atoms with E-state index < -0.39 is 17.8 Å². The Labute approximate surface area is 115 Å². The van der Waals surface area contributed by atoms with Gasteiger partial charge in [-0.05, 0) is 13.0 Å². The molecule has 6 heteroatoms. The summed E-state index contributed by atoms with van der Waals surface area (Å²) in [4.78, 5) is 22.6. The molecule has 2 rings (SSSR count). The summed E-state index contributed by atoms with van der Waals surface area (Å²) in [5.74, 6) is -2.17. The van der Waals surface area contributed by atoms with Crippen LogP contribution in [0.15, 0.2) is 18.2 Å². The van der Waals surface area contributed by atoms with Crippen molar-refractivity contribution in [1.82, 2.24) is 5.32 Å². The molecule has 5 nitrogen and oxygen atoms in total. The number of para-hydroxylation sites is 1. The molecule has 0 aromatic heterocycles. The van der Waals surface area contributed by atoms with Crippen molar-refractivity contribution in [3.05, 3.63) is 28.8 Å². The second-order valence-electron chi connectivity index (χ2n) is 4.42. The average molecular weight is 284 g/mol. The molecular formula is C13H14ClNO4. The zero-order valence-corrected chi connectivity index (χ0v) is 11.1. The highest BCUT2D eigenvalue weighted by molar-refractivity contribution is 6.32. The molecule has 1 aliphatic heterocycles. The lowest BCUT2D eigenvalue weighted by atomic mass is 9.99. The third kappa shape index (κ3) is 2.81. The van der Waals surface area contributed by atoms with Crippen LogP contribution in [0.2, 0.25) is 5.02 Å². The van der Waals surface area contributed by atoms with Gasteiger partial charge in [0.2, 0.25) is 5.91 Å². The first kappa shape index (κ1) is 13.7. The summed E-state index contributed by atoms with van der Waals surface area (Å²) in [6, 6.07) is 5.04. The smallest absolute Gasteiger partial charge is 0.315 e. The minimum Gasteiger partial charge on any atom is -0.492 e. The molecule has 1 aromatic carbocycles. The topological polar surface area (TPSA) is 75.6 Å². The Kier molecular flexibility index (Phi) is 3.95. The first-order valence-corrected chi connectivity index (χ1v) is 6.33. The predicted octanol–water partition coefficient (Wildman–Crippen LogP) is 2.00. The van der Waals surface area contributed by atoms with Gasteiger partial charge in [0.25, 0.3) is 0 Å². The Balaban J connectivity index is 2.18. The second-order valence-corrected chi connectivity index (χ2v) is 4.82. The van der Waals surface area contributed by atoms with Gasteiger partial charge in [0, 0.05) is 12.0 Å². The van der Waals surface area contributed by atoms with E-state index in [4.69, 9.17) is 21.4 Å². The van der Waals surface area contributed by atoms with Gasteiger partial charge in [-0.2, -0.15) is 0 Å². The van der Waals surface area contributed by atoms with E-state index in [1.54, 1.807) is 12.1 Å². The number of aliphatic carboxylic acids is 1. The molecule has 1 amide bonds. The molecule has 0 radical (unpaired) electrons. The van der Waals surface area contributed by atoms with Gasteiger partial charge in [-0.15, -0.1) is 0 Å². The number of carbonyl (C=O) groups excluding carboxylic acids is 1. The minimum absolute atomic E-state index is 0.267. The number of ether oxygens (including phenoxy) is 1. The van der Waals surface area contributed by atoms with Crippen molar-refractivity contribution < 1.29 is 19.4 Å². The maximum atomic E-state index is 11.8. The van der Waals surface area contributed by atoms with Gasteiger partial charge >= 0.3 is 5.97 Å². The van der Waals surface area contributed by atoms with Gasteiger partial charge in [-0.3, -0.25) is 9.59 Å². The first-order valence-electron chi connectivity index (χ1n) is 5.95. The number of nitrogens with one attached hydrogen (secondary N) is 1. The highest BCUT2D eigenvalue weighted by Gasteiger charge is 2.28. The van der Waals surface area contributed by atoms with Crippen molar-refractivity contribution in [2.24, 2.45) is 5.92 Å². The number of fused-ring (bicyclic) bond motifs is 1. The van der Waals surface area contributed by atoms with Crippen LogP contribution in [0.3, 0.4) is 0 Å². The summed E-state index contributed by atoms with van der Waals surface area (Å²) in [6.07, 6.45) is 0.589. The molecule has 0 spiro atoms. The minimum atomic E-state index is -1.14. The van der Waals surface area contributed by atoms with Gasteiger partial charge in [-0.25, -0.2) is 0 Å². The Morgan fingerprint density at radius 2 is 2.26 bits per heavy atom. The molecule has 19 heavy (non-hydrogen) atoms. The summed E-state index contributed by atoms with van der Waals surface area (Å²) in [7, 11) is 0. The largest absolute Gasteiger partial charge is 0.492 e. The summed E-state index contributed by atoms with van der Waals surface area (Å²) in [5, 5.41) is 12.0. The number of carboxylic acid groups (broad SMARTS) is 1. The third-order valence-electron chi connectivity index (χ3n) is 3.11. The Bertz CT molecular complexity index is 517. The van der Waals surface area contributed by atoms with Crippen LogP contribution in [-0.2, 0) is 9.59 Å². The summed E-state index contributed by atoms with van der Waals surface area (Å²) < 4.78 is 5.47. The van der Waals surface area contributed by atoms with Crippen LogP contribution in [0.4, 0.5) is 0 Å². The molecule has 1 aliphatic rings. The molecule has 2 N–H and O–H groups in total. The van der Waals surface area contributed by atoms with E-state index in [0.29, 0.717) is 23.8 Å². The number of amides is 1. The summed E-state index contributed by atoms with van der Waals surface area (Å²) in [5.41, 5.74) is 0.782. The Morgan fingerprint density at radius 1 is 1.53 bits per heavy atom. The van der Waals surface area contributed by atoms with E-state index >= 15 is 0 Å². The SMILES string of the molecule is CC(C(=O)O)C(=O)NC1CCOc2c(Cl)cccc21. The number of hydrogen-bond acceptors (Lipinski definition) is 3. The lowest BCUT2D eigenvalue weighted by molar-refractivity contribution is -0.146. The predicted molar refractivity (Wildman–Crippen MR) is 69.2 cm³/mol. The molecule has 0 bridgehead atoms. The number of benzene rings is 1. The van der Waals surface area contributed by atoms with Crippen molar-refractivity contribution >= 4 is 23.5 Å². The molecule has 102 valence electrons. The van der Waals surface area contributed by atoms with E-state index in [9.17, 15) is 9.59 Å². The van der Waals surface area contributed by atoms with E-state index in [-0.39, 0.29) is 6.04 Å². The van der Waals surface area contributed by atoms with Gasteiger partial charge in [0.1, 0.15) is 11.7 Å². The quantitative estimate of drug-likeness (QED) is 0.832. The van der Waals surface area contributed by atoms with Crippen molar-refractivity contribution in [3.8, 4) is 5.75 Å². The highest BCUT2D eigenvalue weighted by Crippen LogP contribution is 2.37. The summed E-state index contributed by atoms with van der Waals surface area (Å²) >= 11 is 6.03. The molecule has 1 aromatic rings. The zero-order chi connectivity index (χ0) is 14.0. The third-order valence-corrected chi connectivity index (χ3v) is 3.40. The fraction of sp³-hybridized carbons (Fsp3) is 0.385. The second kappa shape index (κ2) is 5.48. The lowest BCUT2D eigenvalue weighted by Crippen LogP contribution is -2.38. The first-order chi connectivity index (χ1) is 9.00. The Morgan fingerprint density at radius 3 is 2.95 bits per heavy atom. The van der Waals surface area contributed by atoms with E-state index in [2.05, 4.69) is 5.32 Å². The molecular weight excluding hydrogens is 270 g/mol. The fourth-order valence-electron chi connectivity index (χ4n) is 1.95. The molecule has 0 saturated carbocycles. The van der Waals surface area contributed by atoms with Crippen molar-refractivity contribution in [1.29, 1.82) is 0 Å². The maximum absolute atomic E-state index is 11.8. The van der Waals surface area contributed by atoms with Gasteiger partial charge in [-0.1, -0.05) is 23.7 Å². The van der Waals surface area contributed by atoms with Crippen LogP contribution in [0, 0.1) is 5.92 Å². The van der Waals surface area contributed by atoms with Crippen molar-refractivity contribution in [2.75, 3.05) is 6.61 Å². The average Bonchev–Trinajstić information content (AvgIpc) is 2.39. The standard InChI is InChI=1S/C13H14ClNO4/c1-7(13(17)18)12(16)15-10-5-6-19-11-8(10)3-2-4-9(11)14/h2-4,7,10H,5-6H2,1H3,(H,15,16)(H,17,18). The highest BCUT2D eigenvalue weighted by atomic mass is 35.5. The van der Waals surface area contributed by atoms with E-state index in [0.717, 1.165) is 5.56 Å². The van der Waals surface area contributed by atoms with Crippen LogP contribution < -0.4 is 10.1 Å². The van der Waals surface area contributed by atoms with Gasteiger partial charge in [0.05, 0.1) is 17.7 Å². The molecule has 0 aliphatic carbocycles. The summed E-state index contributed by atoms with van der Waals surface area (Å²) in [6.45, 7) is 1.79. The maximum Gasteiger partial charge on any atom is 0.315 e. The number of rotatable bonds is 3. The van der Waals surface area contributed by atoms with E-state index in [1.165, 1.54) is 6.92 Å². The fourth-order valence-corrected chi connectivity index (χ4v) is 2.18. The normalized spacial score (nSPS) is 18.9. The number of carbonyl (C=O) groups is 2. The van der Waals surface area contributed by atoms with Crippen LogP contribution in [0.25, 0.3) is 0 Å². The molecule has 1 heterocycles.